The third kappa shape index (κ3) is 3.01. The van der Waals surface area contributed by atoms with E-state index in [0.717, 1.165) is 5.56 Å². The molecule has 0 aliphatic rings. The van der Waals surface area contributed by atoms with Crippen LogP contribution >= 0.6 is 0 Å². The number of carbonyl (C=O) groups is 1. The highest BCUT2D eigenvalue weighted by molar-refractivity contribution is 6.12. The summed E-state index contributed by atoms with van der Waals surface area (Å²) in [7, 11) is 1.52. The van der Waals surface area contributed by atoms with Crippen LogP contribution in [0.15, 0.2) is 54.6 Å². The van der Waals surface area contributed by atoms with Crippen LogP contribution in [-0.4, -0.2) is 12.9 Å². The lowest BCUT2D eigenvalue weighted by atomic mass is 10.1. The van der Waals surface area contributed by atoms with Crippen molar-refractivity contribution in [3.63, 3.8) is 0 Å². The second-order valence-corrected chi connectivity index (χ2v) is 4.03. The highest BCUT2D eigenvalue weighted by Crippen LogP contribution is 2.25. The Morgan fingerprint density at radius 3 is 2.53 bits per heavy atom. The summed E-state index contributed by atoms with van der Waals surface area (Å²) < 4.78 is 5.16. The molecule has 96 valence electrons. The number of carbonyl (C=O) groups excluding carboxylic acids is 1. The maximum atomic E-state index is 12.2. The molecule has 0 atom stereocenters. The van der Waals surface area contributed by atoms with E-state index < -0.39 is 0 Å². The Labute approximate surface area is 112 Å². The van der Waals surface area contributed by atoms with Crippen LogP contribution in [0, 0.1) is 0 Å². The van der Waals surface area contributed by atoms with Gasteiger partial charge in [0.1, 0.15) is 5.75 Å². The van der Waals surface area contributed by atoms with Crippen LogP contribution in [-0.2, 0) is 0 Å². The lowest BCUT2D eigenvalue weighted by Gasteiger charge is -2.07. The fourth-order valence-electron chi connectivity index (χ4n) is 1.80. The first-order valence-electron chi connectivity index (χ1n) is 5.92. The van der Waals surface area contributed by atoms with Crippen molar-refractivity contribution in [3.8, 4) is 5.75 Å². The molecule has 0 amide bonds. The molecule has 3 nitrogen and oxygen atoms in total. The van der Waals surface area contributed by atoms with Crippen molar-refractivity contribution >= 4 is 17.5 Å². The molecule has 3 heteroatoms. The average molecular weight is 253 g/mol. The van der Waals surface area contributed by atoms with Crippen LogP contribution in [0.4, 0.5) is 5.69 Å². The van der Waals surface area contributed by atoms with E-state index in [2.05, 4.69) is 0 Å². The highest BCUT2D eigenvalue weighted by atomic mass is 16.5. The predicted octanol–water partition coefficient (Wildman–Crippen LogP) is 3.17. The van der Waals surface area contributed by atoms with Gasteiger partial charge in [-0.1, -0.05) is 42.5 Å². The minimum Gasteiger partial charge on any atom is -0.496 e. The maximum absolute atomic E-state index is 12.2. The van der Waals surface area contributed by atoms with Gasteiger partial charge in [-0.3, -0.25) is 4.79 Å². The zero-order chi connectivity index (χ0) is 13.7. The molecule has 2 rings (SSSR count). The molecule has 0 heterocycles. The predicted molar refractivity (Wildman–Crippen MR) is 77.2 cm³/mol. The third-order valence-corrected chi connectivity index (χ3v) is 2.75. The van der Waals surface area contributed by atoms with Crippen LogP contribution in [0.2, 0.25) is 0 Å². The van der Waals surface area contributed by atoms with Crippen molar-refractivity contribution < 1.29 is 9.53 Å². The van der Waals surface area contributed by atoms with Gasteiger partial charge in [0.05, 0.1) is 12.7 Å². The van der Waals surface area contributed by atoms with E-state index >= 15 is 0 Å². The van der Waals surface area contributed by atoms with Gasteiger partial charge < -0.3 is 10.5 Å². The average Bonchev–Trinajstić information content (AvgIpc) is 2.45. The molecule has 2 aromatic carbocycles. The number of nitrogen functional groups attached to an aromatic ring is 1. The molecule has 2 N–H and O–H groups in total. The van der Waals surface area contributed by atoms with E-state index in [1.807, 2.05) is 30.3 Å². The summed E-state index contributed by atoms with van der Waals surface area (Å²) in [6.45, 7) is 0. The summed E-state index contributed by atoms with van der Waals surface area (Å²) in [5, 5.41) is 0. The smallest absolute Gasteiger partial charge is 0.191 e. The van der Waals surface area contributed by atoms with E-state index in [9.17, 15) is 4.79 Å². The molecular formula is C16H15NO2. The van der Waals surface area contributed by atoms with Crippen LogP contribution in [0.25, 0.3) is 6.08 Å². The van der Waals surface area contributed by atoms with Crippen LogP contribution < -0.4 is 10.5 Å². The zero-order valence-electron chi connectivity index (χ0n) is 10.7. The van der Waals surface area contributed by atoms with Crippen molar-refractivity contribution in [3.05, 3.63) is 65.7 Å². The first kappa shape index (κ1) is 12.9. The van der Waals surface area contributed by atoms with Gasteiger partial charge in [-0.25, -0.2) is 0 Å². The fraction of sp³-hybridized carbons (Fsp3) is 0.0625. The monoisotopic (exact) mass is 253 g/mol. The number of rotatable bonds is 4. The van der Waals surface area contributed by atoms with E-state index in [1.165, 1.54) is 13.2 Å². The van der Waals surface area contributed by atoms with Gasteiger partial charge in [0.2, 0.25) is 0 Å². The molecule has 0 radical (unpaired) electrons. The lowest BCUT2D eigenvalue weighted by Crippen LogP contribution is -2.03. The van der Waals surface area contributed by atoms with Crippen LogP contribution in [0.1, 0.15) is 15.9 Å². The van der Waals surface area contributed by atoms with Gasteiger partial charge in [0, 0.05) is 5.69 Å². The van der Waals surface area contributed by atoms with E-state index in [4.69, 9.17) is 10.5 Å². The minimum absolute atomic E-state index is 0.168. The number of ether oxygens (including phenoxy) is 1. The lowest BCUT2D eigenvalue weighted by molar-refractivity contribution is 0.104. The van der Waals surface area contributed by atoms with Gasteiger partial charge in [0.15, 0.2) is 5.78 Å². The number of hydrogen-bond acceptors (Lipinski definition) is 3. The number of anilines is 1. The number of hydrogen-bond donors (Lipinski definition) is 1. The fourth-order valence-corrected chi connectivity index (χ4v) is 1.80. The molecule has 0 fully saturated rings. The molecule has 0 spiro atoms. The maximum Gasteiger partial charge on any atom is 0.191 e. The van der Waals surface area contributed by atoms with Crippen molar-refractivity contribution in [2.24, 2.45) is 0 Å². The molecule has 0 aliphatic carbocycles. The molecule has 19 heavy (non-hydrogen) atoms. The van der Waals surface area contributed by atoms with Gasteiger partial charge in [-0.05, 0) is 23.8 Å². The summed E-state index contributed by atoms with van der Waals surface area (Å²) in [5.41, 5.74) is 7.61. The second-order valence-electron chi connectivity index (χ2n) is 4.03. The number of methoxy groups -OCH3 is 1. The zero-order valence-corrected chi connectivity index (χ0v) is 10.7. The first-order valence-corrected chi connectivity index (χ1v) is 5.92. The van der Waals surface area contributed by atoms with Gasteiger partial charge in [0.25, 0.3) is 0 Å². The molecule has 2 aromatic rings. The Bertz CT molecular complexity index is 603. The van der Waals surface area contributed by atoms with E-state index in [0.29, 0.717) is 17.0 Å². The SMILES string of the molecule is COc1cccc(N)c1C(=O)C=Cc1ccccc1. The van der Waals surface area contributed by atoms with Crippen LogP contribution in [0.3, 0.4) is 0 Å². The summed E-state index contributed by atoms with van der Waals surface area (Å²) in [6, 6.07) is 14.8. The van der Waals surface area contributed by atoms with Gasteiger partial charge in [-0.15, -0.1) is 0 Å². The van der Waals surface area contributed by atoms with Gasteiger partial charge >= 0.3 is 0 Å². The molecule has 0 bridgehead atoms. The highest BCUT2D eigenvalue weighted by Gasteiger charge is 2.12. The molecule has 0 aromatic heterocycles. The molecule has 0 unspecified atom stereocenters. The standard InChI is InChI=1S/C16H15NO2/c1-19-15-9-5-8-13(17)16(15)14(18)11-10-12-6-3-2-4-7-12/h2-11H,17H2,1H3. The Balaban J connectivity index is 2.28. The van der Waals surface area contributed by atoms with Crippen LogP contribution in [0.5, 0.6) is 5.75 Å². The number of ketones is 1. The largest absolute Gasteiger partial charge is 0.496 e. The third-order valence-electron chi connectivity index (χ3n) is 2.75. The van der Waals surface area contributed by atoms with Crippen molar-refractivity contribution in [1.82, 2.24) is 0 Å². The molecule has 0 saturated carbocycles. The first-order chi connectivity index (χ1) is 9.22. The van der Waals surface area contributed by atoms with Crippen molar-refractivity contribution in [2.75, 3.05) is 12.8 Å². The topological polar surface area (TPSA) is 52.3 Å². The second kappa shape index (κ2) is 5.87. The minimum atomic E-state index is -0.168. The number of nitrogens with two attached hydrogens (primary N) is 1. The number of benzene rings is 2. The van der Waals surface area contributed by atoms with Crippen molar-refractivity contribution in [2.45, 2.75) is 0 Å². The van der Waals surface area contributed by atoms with Crippen molar-refractivity contribution in [1.29, 1.82) is 0 Å². The summed E-state index contributed by atoms with van der Waals surface area (Å²) in [4.78, 5) is 12.2. The Morgan fingerprint density at radius 2 is 1.84 bits per heavy atom. The molecule has 0 aliphatic heterocycles. The van der Waals surface area contributed by atoms with E-state index in [-0.39, 0.29) is 5.78 Å². The molecule has 0 saturated heterocycles. The summed E-state index contributed by atoms with van der Waals surface area (Å²) in [6.07, 6.45) is 3.26. The van der Waals surface area contributed by atoms with E-state index in [1.54, 1.807) is 24.3 Å². The Morgan fingerprint density at radius 1 is 1.11 bits per heavy atom. The number of allylic oxidation sites excluding steroid dienone is 1. The molecular weight excluding hydrogens is 238 g/mol. The summed E-state index contributed by atoms with van der Waals surface area (Å²) in [5.74, 6) is 0.321. The summed E-state index contributed by atoms with van der Waals surface area (Å²) >= 11 is 0. The Hall–Kier alpha value is -2.55. The quantitative estimate of drug-likeness (QED) is 0.517. The van der Waals surface area contributed by atoms with Gasteiger partial charge in [-0.2, -0.15) is 0 Å². The Kier molecular flexibility index (Phi) is 3.98. The normalized spacial score (nSPS) is 10.6.